The zero-order chi connectivity index (χ0) is 9.26. The Morgan fingerprint density at radius 1 is 1.46 bits per heavy atom. The maximum absolute atomic E-state index is 5.46. The number of oxazole rings is 1. The zero-order valence-corrected chi connectivity index (χ0v) is 8.26. The molecular weight excluding hydrogens is 164 g/mol. The second-order valence-corrected chi connectivity index (χ2v) is 3.76. The van der Waals surface area contributed by atoms with Gasteiger partial charge in [-0.3, -0.25) is 0 Å². The minimum Gasteiger partial charge on any atom is -0.444 e. The Kier molecular flexibility index (Phi) is 2.36. The van der Waals surface area contributed by atoms with Gasteiger partial charge in [-0.1, -0.05) is 6.42 Å². The molecule has 0 bridgehead atoms. The topological polar surface area (TPSA) is 38.1 Å². The van der Waals surface area contributed by atoms with Gasteiger partial charge in [-0.2, -0.15) is 0 Å². The van der Waals surface area contributed by atoms with Crippen LogP contribution in [-0.4, -0.2) is 11.0 Å². The zero-order valence-electron chi connectivity index (χ0n) is 8.26. The second-order valence-electron chi connectivity index (χ2n) is 3.76. The Bertz CT molecular complexity index is 270. The molecule has 0 atom stereocenters. The van der Waals surface area contributed by atoms with E-state index in [1.54, 1.807) is 0 Å². The molecule has 2 rings (SSSR count). The van der Waals surface area contributed by atoms with Crippen LogP contribution in [0.15, 0.2) is 4.42 Å². The van der Waals surface area contributed by atoms with Gasteiger partial charge in [-0.05, 0) is 26.7 Å². The highest BCUT2D eigenvalue weighted by Crippen LogP contribution is 2.18. The number of rotatable bonds is 3. The molecule has 0 amide bonds. The van der Waals surface area contributed by atoms with E-state index >= 15 is 0 Å². The fourth-order valence-electron chi connectivity index (χ4n) is 1.46. The van der Waals surface area contributed by atoms with Gasteiger partial charge in [0.2, 0.25) is 5.89 Å². The van der Waals surface area contributed by atoms with E-state index in [4.69, 9.17) is 4.42 Å². The van der Waals surface area contributed by atoms with Crippen molar-refractivity contribution in [2.45, 2.75) is 45.7 Å². The molecule has 1 fully saturated rings. The molecule has 1 aliphatic rings. The normalized spacial score (nSPS) is 17.4. The van der Waals surface area contributed by atoms with Crippen LogP contribution < -0.4 is 5.32 Å². The molecule has 1 aromatic heterocycles. The van der Waals surface area contributed by atoms with Crippen LogP contribution in [-0.2, 0) is 6.54 Å². The molecule has 3 heteroatoms. The van der Waals surface area contributed by atoms with Crippen LogP contribution in [0.2, 0.25) is 0 Å². The van der Waals surface area contributed by atoms with Gasteiger partial charge in [0.25, 0.3) is 0 Å². The van der Waals surface area contributed by atoms with Crippen LogP contribution in [0.1, 0.15) is 36.6 Å². The molecule has 0 spiro atoms. The van der Waals surface area contributed by atoms with E-state index in [2.05, 4.69) is 10.3 Å². The van der Waals surface area contributed by atoms with Crippen molar-refractivity contribution >= 4 is 0 Å². The molecule has 1 aromatic rings. The van der Waals surface area contributed by atoms with Gasteiger partial charge in [0.15, 0.2) is 0 Å². The quantitative estimate of drug-likeness (QED) is 0.772. The lowest BCUT2D eigenvalue weighted by Crippen LogP contribution is -2.34. The molecular formula is C10H16N2O. The minimum absolute atomic E-state index is 0.701. The first kappa shape index (κ1) is 8.75. The summed E-state index contributed by atoms with van der Waals surface area (Å²) in [4.78, 5) is 4.31. The molecule has 0 radical (unpaired) electrons. The van der Waals surface area contributed by atoms with E-state index in [1.807, 2.05) is 13.8 Å². The molecule has 0 aliphatic heterocycles. The Hall–Kier alpha value is -0.830. The average Bonchev–Trinajstić information content (AvgIpc) is 2.28. The van der Waals surface area contributed by atoms with Crippen LogP contribution in [0.5, 0.6) is 0 Å². The van der Waals surface area contributed by atoms with Crippen molar-refractivity contribution in [1.82, 2.24) is 10.3 Å². The molecule has 0 aromatic carbocycles. The molecule has 72 valence electrons. The van der Waals surface area contributed by atoms with Crippen molar-refractivity contribution in [3.8, 4) is 0 Å². The number of nitrogens with zero attached hydrogens (tertiary/aromatic N) is 1. The summed E-state index contributed by atoms with van der Waals surface area (Å²) < 4.78 is 5.46. The molecule has 1 heterocycles. The molecule has 0 saturated heterocycles. The molecule has 1 N–H and O–H groups in total. The largest absolute Gasteiger partial charge is 0.444 e. The van der Waals surface area contributed by atoms with Gasteiger partial charge in [0.1, 0.15) is 5.76 Å². The first-order valence-electron chi connectivity index (χ1n) is 4.92. The lowest BCUT2D eigenvalue weighted by atomic mass is 9.93. The summed E-state index contributed by atoms with van der Waals surface area (Å²) in [6.45, 7) is 4.71. The van der Waals surface area contributed by atoms with Crippen LogP contribution in [0.25, 0.3) is 0 Å². The van der Waals surface area contributed by atoms with Gasteiger partial charge in [-0.25, -0.2) is 4.98 Å². The summed E-state index contributed by atoms with van der Waals surface area (Å²) in [7, 11) is 0. The number of hydrogen-bond donors (Lipinski definition) is 1. The summed E-state index contributed by atoms with van der Waals surface area (Å²) in [5.74, 6) is 1.76. The van der Waals surface area contributed by atoms with Crippen molar-refractivity contribution in [2.75, 3.05) is 0 Å². The molecule has 1 aliphatic carbocycles. The number of aromatic nitrogens is 1. The van der Waals surface area contributed by atoms with Crippen molar-refractivity contribution in [3.05, 3.63) is 17.3 Å². The third-order valence-corrected chi connectivity index (χ3v) is 2.72. The fourth-order valence-corrected chi connectivity index (χ4v) is 1.46. The molecule has 1 saturated carbocycles. The molecule has 13 heavy (non-hydrogen) atoms. The van der Waals surface area contributed by atoms with Gasteiger partial charge in [0.05, 0.1) is 12.2 Å². The number of nitrogens with one attached hydrogen (secondary N) is 1. The second kappa shape index (κ2) is 3.50. The lowest BCUT2D eigenvalue weighted by Gasteiger charge is -2.25. The monoisotopic (exact) mass is 180 g/mol. The Morgan fingerprint density at radius 2 is 2.23 bits per heavy atom. The summed E-state index contributed by atoms with van der Waals surface area (Å²) in [5.41, 5.74) is 1.01. The highest BCUT2D eigenvalue weighted by molar-refractivity contribution is 5.05. The van der Waals surface area contributed by atoms with Gasteiger partial charge in [-0.15, -0.1) is 0 Å². The Labute approximate surface area is 78.5 Å². The van der Waals surface area contributed by atoms with E-state index in [-0.39, 0.29) is 0 Å². The predicted molar refractivity (Wildman–Crippen MR) is 50.5 cm³/mol. The predicted octanol–water partition coefficient (Wildman–Crippen LogP) is 1.93. The summed E-state index contributed by atoms with van der Waals surface area (Å²) in [6.07, 6.45) is 3.97. The van der Waals surface area contributed by atoms with Crippen LogP contribution in [0.3, 0.4) is 0 Å². The van der Waals surface area contributed by atoms with Crippen LogP contribution in [0.4, 0.5) is 0 Å². The van der Waals surface area contributed by atoms with E-state index < -0.39 is 0 Å². The van der Waals surface area contributed by atoms with Gasteiger partial charge in [0, 0.05) is 6.04 Å². The highest BCUT2D eigenvalue weighted by atomic mass is 16.4. The maximum atomic E-state index is 5.46. The lowest BCUT2D eigenvalue weighted by molar-refractivity contribution is 0.320. The maximum Gasteiger partial charge on any atom is 0.208 e. The third kappa shape index (κ3) is 1.91. The van der Waals surface area contributed by atoms with Crippen molar-refractivity contribution < 1.29 is 4.42 Å². The third-order valence-electron chi connectivity index (χ3n) is 2.72. The minimum atomic E-state index is 0.701. The SMILES string of the molecule is Cc1nc(CNC2CCC2)oc1C. The van der Waals surface area contributed by atoms with Crippen LogP contribution >= 0.6 is 0 Å². The number of hydrogen-bond acceptors (Lipinski definition) is 3. The average molecular weight is 180 g/mol. The van der Waals surface area contributed by atoms with Crippen molar-refractivity contribution in [3.63, 3.8) is 0 Å². The summed E-state index contributed by atoms with van der Waals surface area (Å²) in [6, 6.07) is 0.701. The summed E-state index contributed by atoms with van der Waals surface area (Å²) >= 11 is 0. The van der Waals surface area contributed by atoms with E-state index in [9.17, 15) is 0 Å². The van der Waals surface area contributed by atoms with Crippen LogP contribution in [0, 0.1) is 13.8 Å². The smallest absolute Gasteiger partial charge is 0.208 e. The molecule has 3 nitrogen and oxygen atoms in total. The van der Waals surface area contributed by atoms with E-state index in [0.29, 0.717) is 6.04 Å². The fraction of sp³-hybridized carbons (Fsp3) is 0.700. The first-order valence-corrected chi connectivity index (χ1v) is 4.92. The first-order chi connectivity index (χ1) is 6.25. The van der Waals surface area contributed by atoms with Crippen molar-refractivity contribution in [1.29, 1.82) is 0 Å². The van der Waals surface area contributed by atoms with E-state index in [1.165, 1.54) is 19.3 Å². The van der Waals surface area contributed by atoms with Gasteiger partial charge < -0.3 is 9.73 Å². The molecule has 0 unspecified atom stereocenters. The standard InChI is InChI=1S/C10H16N2O/c1-7-8(2)13-10(12-7)6-11-9-4-3-5-9/h9,11H,3-6H2,1-2H3. The highest BCUT2D eigenvalue weighted by Gasteiger charge is 2.17. The van der Waals surface area contributed by atoms with Crippen molar-refractivity contribution in [2.24, 2.45) is 0 Å². The summed E-state index contributed by atoms with van der Waals surface area (Å²) in [5, 5.41) is 3.42. The van der Waals surface area contributed by atoms with Gasteiger partial charge >= 0.3 is 0 Å². The van der Waals surface area contributed by atoms with E-state index in [0.717, 1.165) is 23.9 Å². The Morgan fingerprint density at radius 3 is 2.69 bits per heavy atom. The Balaban J connectivity index is 1.86. The number of aryl methyl sites for hydroxylation is 2.